The van der Waals surface area contributed by atoms with Crippen LogP contribution in [0.3, 0.4) is 0 Å². The molecule has 0 radical (unpaired) electrons. The number of halogens is 1. The monoisotopic (exact) mass is 600 g/mol. The predicted molar refractivity (Wildman–Crippen MR) is 173 cm³/mol. The summed E-state index contributed by atoms with van der Waals surface area (Å²) < 4.78 is 5.10. The number of allylic oxidation sites excluding steroid dienone is 1. The summed E-state index contributed by atoms with van der Waals surface area (Å²) in [5.41, 5.74) is 7.24. The van der Waals surface area contributed by atoms with Crippen molar-refractivity contribution < 1.29 is 9.53 Å². The van der Waals surface area contributed by atoms with Crippen LogP contribution in [0.5, 0.6) is 0 Å². The van der Waals surface area contributed by atoms with E-state index in [4.69, 9.17) is 16.3 Å². The number of aromatic nitrogens is 2. The number of benzene rings is 2. The maximum absolute atomic E-state index is 12.6. The molecule has 42 heavy (non-hydrogen) atoms. The van der Waals surface area contributed by atoms with Gasteiger partial charge < -0.3 is 14.6 Å². The van der Waals surface area contributed by atoms with Crippen molar-refractivity contribution in [2.24, 2.45) is 5.41 Å². The molecule has 218 valence electrons. The molecule has 1 saturated heterocycles. The summed E-state index contributed by atoms with van der Waals surface area (Å²) in [5.74, 6) is -0.329. The first-order valence-electron chi connectivity index (χ1n) is 14.6. The van der Waals surface area contributed by atoms with E-state index in [0.717, 1.165) is 77.1 Å². The Bertz CT molecular complexity index is 1620. The molecule has 0 unspecified atom stereocenters. The first kappa shape index (κ1) is 28.8. The molecular formula is C34H37ClN4O2S. The number of carbonyl (C=O) groups excluding carboxylic acids is 1. The molecule has 4 aromatic rings. The Labute approximate surface area is 257 Å². The highest BCUT2D eigenvalue weighted by molar-refractivity contribution is 7.99. The first-order valence-corrected chi connectivity index (χ1v) is 15.7. The standard InChI is InChI=1S/C34H37ClN4O2S/c1-34(2)12-10-25(30(20-34)23-4-6-26(35)7-5-23)22-38-14-16-39(17-15-38)27-8-9-29(33(40)41-3)31(19-27)42-28-18-24-11-13-36-32(24)37-21-28/h4-9,11,13,18-19,21H,10,12,14-17,20,22H2,1-3H3,(H,36,37). The van der Waals surface area contributed by atoms with E-state index >= 15 is 0 Å². The summed E-state index contributed by atoms with van der Waals surface area (Å²) in [6.07, 6.45) is 7.19. The van der Waals surface area contributed by atoms with Crippen LogP contribution in [-0.4, -0.2) is 60.7 Å². The number of hydrogen-bond acceptors (Lipinski definition) is 6. The molecule has 8 heteroatoms. The summed E-state index contributed by atoms with van der Waals surface area (Å²) in [6, 6.07) is 18.5. The highest BCUT2D eigenvalue weighted by Crippen LogP contribution is 2.43. The van der Waals surface area contributed by atoms with Crippen LogP contribution in [0.4, 0.5) is 5.69 Å². The van der Waals surface area contributed by atoms with Gasteiger partial charge in [0.05, 0.1) is 12.7 Å². The Hall–Kier alpha value is -3.26. The number of carbonyl (C=O) groups is 1. The second-order valence-corrected chi connectivity index (χ2v) is 13.6. The molecule has 1 aliphatic heterocycles. The highest BCUT2D eigenvalue weighted by Gasteiger charge is 2.29. The van der Waals surface area contributed by atoms with Crippen LogP contribution >= 0.6 is 23.4 Å². The van der Waals surface area contributed by atoms with E-state index in [1.807, 2.05) is 42.7 Å². The molecule has 1 fully saturated rings. The summed E-state index contributed by atoms with van der Waals surface area (Å²) in [7, 11) is 1.43. The fourth-order valence-electron chi connectivity index (χ4n) is 6.07. The summed E-state index contributed by atoms with van der Waals surface area (Å²) in [6.45, 7) is 9.64. The third-order valence-electron chi connectivity index (χ3n) is 8.50. The van der Waals surface area contributed by atoms with Crippen LogP contribution in [0, 0.1) is 5.41 Å². The number of H-pyrrole nitrogens is 1. The summed E-state index contributed by atoms with van der Waals surface area (Å²) >= 11 is 7.75. The normalized spacial score (nSPS) is 17.6. The van der Waals surface area contributed by atoms with Crippen LogP contribution < -0.4 is 4.90 Å². The number of hydrogen-bond donors (Lipinski definition) is 1. The number of pyridine rings is 1. The largest absolute Gasteiger partial charge is 0.465 e. The smallest absolute Gasteiger partial charge is 0.339 e. The van der Waals surface area contributed by atoms with E-state index in [1.54, 1.807) is 17.3 Å². The van der Waals surface area contributed by atoms with Crippen LogP contribution in [0.1, 0.15) is 49.0 Å². The average molecular weight is 601 g/mol. The number of methoxy groups -OCH3 is 1. The second-order valence-electron chi connectivity index (χ2n) is 12.1. The SMILES string of the molecule is COC(=O)c1ccc(N2CCN(CC3=C(c4ccc(Cl)cc4)CC(C)(C)CC3)CC2)cc1Sc1cnc2[nH]ccc2c1. The van der Waals surface area contributed by atoms with Crippen molar-refractivity contribution in [3.05, 3.63) is 88.7 Å². The van der Waals surface area contributed by atoms with Gasteiger partial charge in [-0.3, -0.25) is 4.90 Å². The Morgan fingerprint density at radius 1 is 1.07 bits per heavy atom. The van der Waals surface area contributed by atoms with E-state index in [-0.39, 0.29) is 5.97 Å². The quantitative estimate of drug-likeness (QED) is 0.217. The Morgan fingerprint density at radius 3 is 2.62 bits per heavy atom. The number of piperazine rings is 1. The van der Waals surface area contributed by atoms with Crippen molar-refractivity contribution in [3.8, 4) is 0 Å². The Kier molecular flexibility index (Phi) is 8.35. The molecule has 0 atom stereocenters. The van der Waals surface area contributed by atoms with Crippen molar-refractivity contribution >= 4 is 51.6 Å². The number of aromatic amines is 1. The zero-order valence-electron chi connectivity index (χ0n) is 24.5. The zero-order chi connectivity index (χ0) is 29.3. The van der Waals surface area contributed by atoms with E-state index in [1.165, 1.54) is 24.7 Å². The van der Waals surface area contributed by atoms with Gasteiger partial charge in [0.15, 0.2) is 0 Å². The lowest BCUT2D eigenvalue weighted by Gasteiger charge is -2.39. The first-order chi connectivity index (χ1) is 20.3. The molecule has 0 amide bonds. The third-order valence-corrected chi connectivity index (χ3v) is 9.77. The van der Waals surface area contributed by atoms with Gasteiger partial charge in [-0.1, -0.05) is 54.9 Å². The molecule has 0 saturated carbocycles. The fourth-order valence-corrected chi connectivity index (χ4v) is 7.18. The molecule has 0 spiro atoms. The number of rotatable bonds is 7. The zero-order valence-corrected chi connectivity index (χ0v) is 26.0. The van der Waals surface area contributed by atoms with Crippen molar-refractivity contribution in [1.82, 2.24) is 14.9 Å². The van der Waals surface area contributed by atoms with Gasteiger partial charge in [0.25, 0.3) is 0 Å². The van der Waals surface area contributed by atoms with Crippen LogP contribution in [0.25, 0.3) is 16.6 Å². The molecule has 1 N–H and O–H groups in total. The maximum Gasteiger partial charge on any atom is 0.339 e. The Balaban J connectivity index is 1.18. The predicted octanol–water partition coefficient (Wildman–Crippen LogP) is 7.94. The van der Waals surface area contributed by atoms with Gasteiger partial charge in [-0.25, -0.2) is 9.78 Å². The van der Waals surface area contributed by atoms with E-state index in [2.05, 4.69) is 57.9 Å². The van der Waals surface area contributed by atoms with E-state index in [0.29, 0.717) is 11.0 Å². The van der Waals surface area contributed by atoms with Gasteiger partial charge in [0, 0.05) is 71.0 Å². The minimum atomic E-state index is -0.329. The lowest BCUT2D eigenvalue weighted by molar-refractivity contribution is 0.0597. The molecule has 2 aromatic heterocycles. The van der Waals surface area contributed by atoms with Crippen LogP contribution in [-0.2, 0) is 4.74 Å². The summed E-state index contributed by atoms with van der Waals surface area (Å²) in [4.78, 5) is 27.1. The molecule has 3 heterocycles. The van der Waals surface area contributed by atoms with Gasteiger partial charge in [0.1, 0.15) is 5.65 Å². The lowest BCUT2D eigenvalue weighted by atomic mass is 9.72. The van der Waals surface area contributed by atoms with Gasteiger partial charge in [-0.15, -0.1) is 0 Å². The third kappa shape index (κ3) is 6.38. The second kappa shape index (κ2) is 12.2. The van der Waals surface area contributed by atoms with Gasteiger partial charge in [-0.05, 0) is 78.3 Å². The minimum Gasteiger partial charge on any atom is -0.465 e. The topological polar surface area (TPSA) is 61.5 Å². The fraction of sp³-hybridized carbons (Fsp3) is 0.353. The molecular weight excluding hydrogens is 564 g/mol. The molecule has 6 nitrogen and oxygen atoms in total. The van der Waals surface area contributed by atoms with Crippen LogP contribution in [0.2, 0.25) is 5.02 Å². The molecule has 6 rings (SSSR count). The molecule has 2 aliphatic rings. The van der Waals surface area contributed by atoms with Crippen LogP contribution in [0.15, 0.2) is 82.4 Å². The molecule has 1 aliphatic carbocycles. The number of ether oxygens (including phenoxy) is 1. The van der Waals surface area contributed by atoms with Crippen molar-refractivity contribution in [2.45, 2.75) is 42.9 Å². The van der Waals surface area contributed by atoms with Crippen molar-refractivity contribution in [1.29, 1.82) is 0 Å². The lowest BCUT2D eigenvalue weighted by Crippen LogP contribution is -2.47. The molecule has 2 aromatic carbocycles. The van der Waals surface area contributed by atoms with Crippen molar-refractivity contribution in [3.63, 3.8) is 0 Å². The maximum atomic E-state index is 12.6. The number of esters is 1. The highest BCUT2D eigenvalue weighted by atomic mass is 35.5. The van der Waals surface area contributed by atoms with Gasteiger partial charge >= 0.3 is 5.97 Å². The Morgan fingerprint density at radius 2 is 1.86 bits per heavy atom. The number of fused-ring (bicyclic) bond motifs is 1. The number of anilines is 1. The number of nitrogens with zero attached hydrogens (tertiary/aromatic N) is 3. The van der Waals surface area contributed by atoms with E-state index < -0.39 is 0 Å². The van der Waals surface area contributed by atoms with Gasteiger partial charge in [-0.2, -0.15) is 0 Å². The van der Waals surface area contributed by atoms with Gasteiger partial charge in [0.2, 0.25) is 0 Å². The average Bonchev–Trinajstić information content (AvgIpc) is 3.46. The minimum absolute atomic E-state index is 0.312. The molecule has 0 bridgehead atoms. The summed E-state index contributed by atoms with van der Waals surface area (Å²) in [5, 5.41) is 1.83. The van der Waals surface area contributed by atoms with Crippen molar-refractivity contribution in [2.75, 3.05) is 44.7 Å². The van der Waals surface area contributed by atoms with E-state index in [9.17, 15) is 4.79 Å². The number of nitrogens with one attached hydrogen (secondary N) is 1.